The first-order valence-electron chi connectivity index (χ1n) is 10.3. The number of rotatable bonds is 6. The van der Waals surface area contributed by atoms with Gasteiger partial charge in [0, 0.05) is 31.7 Å². The summed E-state index contributed by atoms with van der Waals surface area (Å²) in [6.07, 6.45) is 0. The van der Waals surface area contributed by atoms with E-state index in [0.717, 1.165) is 16.8 Å². The minimum Gasteiger partial charge on any atom is -0.465 e. The highest BCUT2D eigenvalue weighted by Gasteiger charge is 2.25. The quantitative estimate of drug-likeness (QED) is 0.550. The molecular formula is C24H24FN3O4. The Hall–Kier alpha value is -3.52. The number of benzene rings is 2. The van der Waals surface area contributed by atoms with Crippen LogP contribution in [0.2, 0.25) is 0 Å². The number of oxazole rings is 1. The standard InChI is InChI=1S/C24H24FN3O4/c1-16-21(26-23(32-16)18-5-7-19(8-6-18)24(30)31-2)14-27-11-12-28(22(29)15-27)13-17-3-9-20(25)10-4-17/h3-10H,11-15H2,1-2H3. The van der Waals surface area contributed by atoms with Crippen LogP contribution < -0.4 is 0 Å². The van der Waals surface area contributed by atoms with E-state index in [0.29, 0.717) is 43.4 Å². The molecule has 166 valence electrons. The van der Waals surface area contributed by atoms with Crippen LogP contribution in [0.5, 0.6) is 0 Å². The molecule has 4 rings (SSSR count). The van der Waals surface area contributed by atoms with E-state index < -0.39 is 5.97 Å². The van der Waals surface area contributed by atoms with Crippen molar-refractivity contribution in [2.75, 3.05) is 26.7 Å². The van der Waals surface area contributed by atoms with Crippen molar-refractivity contribution in [3.63, 3.8) is 0 Å². The van der Waals surface area contributed by atoms with E-state index in [9.17, 15) is 14.0 Å². The molecule has 7 nitrogen and oxygen atoms in total. The lowest BCUT2D eigenvalue weighted by Crippen LogP contribution is -2.49. The van der Waals surface area contributed by atoms with Gasteiger partial charge in [0.15, 0.2) is 0 Å². The molecule has 8 heteroatoms. The van der Waals surface area contributed by atoms with E-state index in [2.05, 4.69) is 4.98 Å². The highest BCUT2D eigenvalue weighted by molar-refractivity contribution is 5.89. The van der Waals surface area contributed by atoms with Crippen molar-refractivity contribution in [2.24, 2.45) is 0 Å². The third-order valence-electron chi connectivity index (χ3n) is 5.50. The summed E-state index contributed by atoms with van der Waals surface area (Å²) in [5.74, 6) is 0.504. The van der Waals surface area contributed by atoms with Gasteiger partial charge in [-0.25, -0.2) is 14.2 Å². The number of nitrogens with zero attached hydrogens (tertiary/aromatic N) is 3. The van der Waals surface area contributed by atoms with Crippen LogP contribution in [-0.4, -0.2) is 53.4 Å². The van der Waals surface area contributed by atoms with Gasteiger partial charge in [0.2, 0.25) is 11.8 Å². The van der Waals surface area contributed by atoms with Crippen molar-refractivity contribution in [3.8, 4) is 11.5 Å². The Morgan fingerprint density at radius 3 is 2.47 bits per heavy atom. The second-order valence-corrected chi connectivity index (χ2v) is 7.74. The molecule has 3 aromatic rings. The topological polar surface area (TPSA) is 75.9 Å². The molecular weight excluding hydrogens is 413 g/mol. The first kappa shape index (κ1) is 21.7. The van der Waals surface area contributed by atoms with Crippen molar-refractivity contribution in [1.82, 2.24) is 14.8 Å². The van der Waals surface area contributed by atoms with E-state index in [1.54, 1.807) is 41.3 Å². The Labute approximate surface area is 185 Å². The Bertz CT molecular complexity index is 1110. The molecule has 0 radical (unpaired) electrons. The molecule has 0 aliphatic carbocycles. The Morgan fingerprint density at radius 2 is 1.81 bits per heavy atom. The Balaban J connectivity index is 1.38. The number of hydrogen-bond acceptors (Lipinski definition) is 6. The summed E-state index contributed by atoms with van der Waals surface area (Å²) in [5, 5.41) is 0. The molecule has 1 amide bonds. The normalized spacial score (nSPS) is 14.6. The Kier molecular flexibility index (Phi) is 6.32. The smallest absolute Gasteiger partial charge is 0.337 e. The van der Waals surface area contributed by atoms with Gasteiger partial charge in [-0.3, -0.25) is 9.69 Å². The summed E-state index contributed by atoms with van der Waals surface area (Å²) in [6.45, 7) is 4.42. The molecule has 0 N–H and O–H groups in total. The van der Waals surface area contributed by atoms with Gasteiger partial charge in [-0.15, -0.1) is 0 Å². The van der Waals surface area contributed by atoms with Gasteiger partial charge in [-0.05, 0) is 48.9 Å². The first-order valence-corrected chi connectivity index (χ1v) is 10.3. The number of carbonyl (C=O) groups is 2. The number of hydrogen-bond donors (Lipinski definition) is 0. The van der Waals surface area contributed by atoms with Crippen LogP contribution in [0, 0.1) is 12.7 Å². The van der Waals surface area contributed by atoms with E-state index in [1.165, 1.54) is 19.2 Å². The molecule has 0 saturated carbocycles. The molecule has 1 aromatic heterocycles. The predicted octanol–water partition coefficient (Wildman–Crippen LogP) is 3.42. The maximum atomic E-state index is 13.1. The number of aromatic nitrogens is 1. The second kappa shape index (κ2) is 9.32. The zero-order valence-corrected chi connectivity index (χ0v) is 18.0. The number of aryl methyl sites for hydroxylation is 1. The molecule has 1 saturated heterocycles. The van der Waals surface area contributed by atoms with Gasteiger partial charge < -0.3 is 14.1 Å². The second-order valence-electron chi connectivity index (χ2n) is 7.74. The fourth-order valence-corrected chi connectivity index (χ4v) is 3.65. The highest BCUT2D eigenvalue weighted by atomic mass is 19.1. The molecule has 2 aromatic carbocycles. The predicted molar refractivity (Wildman–Crippen MR) is 115 cm³/mol. The zero-order valence-electron chi connectivity index (χ0n) is 18.0. The van der Waals surface area contributed by atoms with Gasteiger partial charge in [0.25, 0.3) is 0 Å². The van der Waals surface area contributed by atoms with E-state index in [4.69, 9.17) is 9.15 Å². The third kappa shape index (κ3) is 4.86. The number of methoxy groups -OCH3 is 1. The number of ether oxygens (including phenoxy) is 1. The molecule has 1 fully saturated rings. The number of esters is 1. The van der Waals surface area contributed by atoms with Crippen molar-refractivity contribution >= 4 is 11.9 Å². The highest BCUT2D eigenvalue weighted by Crippen LogP contribution is 2.24. The fourth-order valence-electron chi connectivity index (χ4n) is 3.65. The number of piperazine rings is 1. The molecule has 0 atom stereocenters. The molecule has 1 aliphatic rings. The summed E-state index contributed by atoms with van der Waals surface area (Å²) < 4.78 is 23.6. The maximum absolute atomic E-state index is 13.1. The molecule has 0 unspecified atom stereocenters. The number of amides is 1. The lowest BCUT2D eigenvalue weighted by atomic mass is 10.1. The van der Waals surface area contributed by atoms with Gasteiger partial charge in [0.1, 0.15) is 11.6 Å². The average Bonchev–Trinajstić information content (AvgIpc) is 3.16. The lowest BCUT2D eigenvalue weighted by Gasteiger charge is -2.34. The van der Waals surface area contributed by atoms with Gasteiger partial charge in [0.05, 0.1) is 24.9 Å². The summed E-state index contributed by atoms with van der Waals surface area (Å²) in [6, 6.07) is 13.1. The SMILES string of the molecule is COC(=O)c1ccc(-c2nc(CN3CCN(Cc4ccc(F)cc4)C(=O)C3)c(C)o2)cc1. The van der Waals surface area contributed by atoms with E-state index in [1.807, 2.05) is 11.8 Å². The fraction of sp³-hybridized carbons (Fsp3) is 0.292. The maximum Gasteiger partial charge on any atom is 0.337 e. The lowest BCUT2D eigenvalue weighted by molar-refractivity contribution is -0.136. The first-order chi connectivity index (χ1) is 15.4. The third-order valence-corrected chi connectivity index (χ3v) is 5.50. The summed E-state index contributed by atoms with van der Waals surface area (Å²) in [7, 11) is 1.34. The summed E-state index contributed by atoms with van der Waals surface area (Å²) in [4.78, 5) is 32.6. The summed E-state index contributed by atoms with van der Waals surface area (Å²) >= 11 is 0. The number of carbonyl (C=O) groups excluding carboxylic acids is 2. The zero-order chi connectivity index (χ0) is 22.7. The van der Waals surface area contributed by atoms with Crippen LogP contribution >= 0.6 is 0 Å². The van der Waals surface area contributed by atoms with Crippen LogP contribution in [0.15, 0.2) is 52.9 Å². The summed E-state index contributed by atoms with van der Waals surface area (Å²) in [5.41, 5.74) is 2.89. The van der Waals surface area contributed by atoms with Crippen LogP contribution in [0.3, 0.4) is 0 Å². The Morgan fingerprint density at radius 1 is 1.09 bits per heavy atom. The number of halogens is 1. The largest absolute Gasteiger partial charge is 0.465 e. The van der Waals surface area contributed by atoms with Crippen molar-refractivity contribution < 1.29 is 23.1 Å². The monoisotopic (exact) mass is 437 g/mol. The van der Waals surface area contributed by atoms with Crippen molar-refractivity contribution in [1.29, 1.82) is 0 Å². The van der Waals surface area contributed by atoms with E-state index >= 15 is 0 Å². The minimum atomic E-state index is -0.399. The van der Waals surface area contributed by atoms with Gasteiger partial charge >= 0.3 is 5.97 Å². The molecule has 1 aliphatic heterocycles. The van der Waals surface area contributed by atoms with Crippen LogP contribution in [0.4, 0.5) is 4.39 Å². The molecule has 2 heterocycles. The van der Waals surface area contributed by atoms with Crippen molar-refractivity contribution in [3.05, 3.63) is 76.9 Å². The average molecular weight is 437 g/mol. The molecule has 32 heavy (non-hydrogen) atoms. The van der Waals surface area contributed by atoms with Crippen LogP contribution in [-0.2, 0) is 22.6 Å². The molecule has 0 bridgehead atoms. The van der Waals surface area contributed by atoms with Crippen LogP contribution in [0.25, 0.3) is 11.5 Å². The van der Waals surface area contributed by atoms with Crippen molar-refractivity contribution in [2.45, 2.75) is 20.0 Å². The van der Waals surface area contributed by atoms with Gasteiger partial charge in [-0.1, -0.05) is 12.1 Å². The molecule has 0 spiro atoms. The van der Waals surface area contributed by atoms with Gasteiger partial charge in [-0.2, -0.15) is 0 Å². The van der Waals surface area contributed by atoms with Crippen LogP contribution in [0.1, 0.15) is 27.4 Å². The van der Waals surface area contributed by atoms with E-state index in [-0.39, 0.29) is 18.3 Å². The minimum absolute atomic E-state index is 0.0281.